The summed E-state index contributed by atoms with van der Waals surface area (Å²) in [5.74, 6) is -0.357. The first kappa shape index (κ1) is 19.7. The molecule has 1 N–H and O–H groups in total. The number of hydrogen-bond acceptors (Lipinski definition) is 5. The molecule has 10 heteroatoms. The topological polar surface area (TPSA) is 71.5 Å². The van der Waals surface area contributed by atoms with Crippen LogP contribution in [0.1, 0.15) is 31.2 Å². The Morgan fingerprint density at radius 2 is 2.04 bits per heavy atom. The molecule has 2 saturated heterocycles. The zero-order chi connectivity index (χ0) is 19.6. The van der Waals surface area contributed by atoms with E-state index < -0.39 is 11.7 Å². The van der Waals surface area contributed by atoms with E-state index in [1.165, 1.54) is 0 Å². The molecule has 1 aromatic rings. The van der Waals surface area contributed by atoms with Crippen molar-refractivity contribution in [3.05, 3.63) is 22.8 Å². The molecule has 3 heterocycles. The lowest BCUT2D eigenvalue weighted by Crippen LogP contribution is -2.38. The molecule has 0 saturated carbocycles. The van der Waals surface area contributed by atoms with Gasteiger partial charge in [-0.2, -0.15) is 13.2 Å². The molecule has 2 fully saturated rings. The zero-order valence-corrected chi connectivity index (χ0v) is 15.1. The number of esters is 1. The first-order chi connectivity index (χ1) is 12.7. The number of aromatic nitrogens is 1. The van der Waals surface area contributed by atoms with Gasteiger partial charge in [-0.25, -0.2) is 4.98 Å². The Morgan fingerprint density at radius 3 is 2.59 bits per heavy atom. The molecule has 2 aliphatic heterocycles. The van der Waals surface area contributed by atoms with Crippen LogP contribution in [0.2, 0.25) is 5.02 Å². The number of nitrogens with one attached hydrogen (secondary N) is 1. The van der Waals surface area contributed by atoms with Gasteiger partial charge in [0.2, 0.25) is 5.91 Å². The summed E-state index contributed by atoms with van der Waals surface area (Å²) < 4.78 is 43.4. The number of amides is 1. The van der Waals surface area contributed by atoms with Crippen LogP contribution in [0.3, 0.4) is 0 Å². The highest BCUT2D eigenvalue weighted by Gasteiger charge is 2.33. The molecule has 3 rings (SSSR count). The molecule has 6 nitrogen and oxygen atoms in total. The third-order valence-corrected chi connectivity index (χ3v) is 5.07. The maximum absolute atomic E-state index is 12.7. The van der Waals surface area contributed by atoms with Gasteiger partial charge in [0.1, 0.15) is 12.4 Å². The molecular weight excluding hydrogens is 387 g/mol. The van der Waals surface area contributed by atoms with Crippen molar-refractivity contribution in [2.24, 2.45) is 5.92 Å². The Hall–Kier alpha value is -2.03. The molecule has 0 aromatic carbocycles. The Kier molecular flexibility index (Phi) is 5.78. The van der Waals surface area contributed by atoms with Crippen LogP contribution in [0, 0.1) is 5.92 Å². The summed E-state index contributed by atoms with van der Waals surface area (Å²) in [6.45, 7) is 1.05. The molecule has 0 aliphatic carbocycles. The van der Waals surface area contributed by atoms with E-state index in [4.69, 9.17) is 16.3 Å². The average molecular weight is 406 g/mol. The van der Waals surface area contributed by atoms with Crippen molar-refractivity contribution >= 4 is 29.3 Å². The van der Waals surface area contributed by atoms with Gasteiger partial charge in [-0.05, 0) is 25.3 Å². The van der Waals surface area contributed by atoms with Crippen molar-refractivity contribution in [2.45, 2.75) is 37.9 Å². The molecule has 2 aliphatic rings. The largest absolute Gasteiger partial charge is 0.463 e. The van der Waals surface area contributed by atoms with Crippen LogP contribution in [0.4, 0.5) is 19.0 Å². The van der Waals surface area contributed by atoms with Gasteiger partial charge in [-0.15, -0.1) is 0 Å². The Balaban J connectivity index is 1.51. The molecule has 1 amide bonds. The van der Waals surface area contributed by atoms with Crippen molar-refractivity contribution in [3.63, 3.8) is 0 Å². The van der Waals surface area contributed by atoms with Gasteiger partial charge in [-0.1, -0.05) is 11.6 Å². The second-order valence-electron chi connectivity index (χ2n) is 6.72. The van der Waals surface area contributed by atoms with Gasteiger partial charge >= 0.3 is 12.1 Å². The number of nitrogens with zero attached hydrogens (tertiary/aromatic N) is 2. The van der Waals surface area contributed by atoms with Crippen molar-refractivity contribution in [1.29, 1.82) is 0 Å². The number of carbonyl (C=O) groups excluding carboxylic acids is 2. The number of ether oxygens (including phenoxy) is 1. The monoisotopic (exact) mass is 405 g/mol. The highest BCUT2D eigenvalue weighted by atomic mass is 35.5. The summed E-state index contributed by atoms with van der Waals surface area (Å²) in [4.78, 5) is 28.9. The number of anilines is 1. The number of pyridine rings is 1. The van der Waals surface area contributed by atoms with Crippen LogP contribution in [0.25, 0.3) is 0 Å². The van der Waals surface area contributed by atoms with Crippen molar-refractivity contribution < 1.29 is 27.5 Å². The minimum atomic E-state index is -4.50. The minimum Gasteiger partial charge on any atom is -0.463 e. The van der Waals surface area contributed by atoms with Crippen LogP contribution in [0.15, 0.2) is 12.3 Å². The molecule has 1 unspecified atom stereocenters. The molecular formula is C17H19ClF3N3O3. The van der Waals surface area contributed by atoms with Gasteiger partial charge < -0.3 is 15.0 Å². The van der Waals surface area contributed by atoms with Crippen LogP contribution in [-0.2, 0) is 20.5 Å². The van der Waals surface area contributed by atoms with Crippen molar-refractivity contribution in [3.8, 4) is 0 Å². The van der Waals surface area contributed by atoms with Crippen molar-refractivity contribution in [2.75, 3.05) is 24.6 Å². The maximum Gasteiger partial charge on any atom is 0.417 e. The van der Waals surface area contributed by atoms with E-state index >= 15 is 0 Å². The molecule has 0 bridgehead atoms. The maximum atomic E-state index is 12.7. The smallest absolute Gasteiger partial charge is 0.417 e. The van der Waals surface area contributed by atoms with Gasteiger partial charge in [-0.3, -0.25) is 9.59 Å². The summed E-state index contributed by atoms with van der Waals surface area (Å²) in [5, 5.41) is 2.67. The highest BCUT2D eigenvalue weighted by Crippen LogP contribution is 2.34. The average Bonchev–Trinajstić information content (AvgIpc) is 3.04. The van der Waals surface area contributed by atoms with Crippen LogP contribution >= 0.6 is 11.6 Å². The summed E-state index contributed by atoms with van der Waals surface area (Å²) in [5.41, 5.74) is -0.895. The third kappa shape index (κ3) is 4.82. The summed E-state index contributed by atoms with van der Waals surface area (Å²) in [6, 6.07) is 0.733. The number of piperidine rings is 1. The molecule has 1 atom stereocenters. The lowest BCUT2D eigenvalue weighted by Gasteiger charge is -2.32. The Morgan fingerprint density at radius 1 is 1.33 bits per heavy atom. The molecule has 148 valence electrons. The van der Waals surface area contributed by atoms with E-state index in [9.17, 15) is 22.8 Å². The third-order valence-electron chi connectivity index (χ3n) is 4.79. The molecule has 0 radical (unpaired) electrons. The van der Waals surface area contributed by atoms with Gasteiger partial charge in [0, 0.05) is 25.7 Å². The first-order valence-corrected chi connectivity index (χ1v) is 9.05. The first-order valence-electron chi connectivity index (χ1n) is 8.67. The fourth-order valence-corrected chi connectivity index (χ4v) is 3.53. The fraction of sp³-hybridized carbons (Fsp3) is 0.588. The van der Waals surface area contributed by atoms with E-state index in [-0.39, 0.29) is 41.3 Å². The minimum absolute atomic E-state index is 0.0368. The van der Waals surface area contributed by atoms with E-state index in [1.807, 2.05) is 0 Å². The van der Waals surface area contributed by atoms with Gasteiger partial charge in [0.25, 0.3) is 0 Å². The number of hydrogen-bond donors (Lipinski definition) is 1. The molecule has 1 aromatic heterocycles. The van der Waals surface area contributed by atoms with Crippen LogP contribution in [0.5, 0.6) is 0 Å². The summed E-state index contributed by atoms with van der Waals surface area (Å²) in [6.07, 6.45) is -1.64. The molecule has 27 heavy (non-hydrogen) atoms. The Bertz CT molecular complexity index is 721. The standard InChI is InChI=1S/C17H19ClF3N3O3/c18-13-7-11(17(19,20)21)8-22-15(13)24-5-3-10(4-6-24)16(26)27-9-12-1-2-14(25)23-12/h7-8,10,12H,1-6,9H2,(H,23,25). The van der Waals surface area contributed by atoms with Gasteiger partial charge in [0.15, 0.2) is 0 Å². The normalized spacial score (nSPS) is 21.3. The number of rotatable bonds is 4. The Labute approximate surface area is 159 Å². The predicted octanol–water partition coefficient (Wildman–Crippen LogP) is 2.79. The van der Waals surface area contributed by atoms with E-state index in [0.29, 0.717) is 38.8 Å². The van der Waals surface area contributed by atoms with E-state index in [2.05, 4.69) is 10.3 Å². The van der Waals surface area contributed by atoms with Crippen LogP contribution in [-0.4, -0.2) is 42.6 Å². The summed E-state index contributed by atoms with van der Waals surface area (Å²) in [7, 11) is 0. The lowest BCUT2D eigenvalue weighted by molar-refractivity contribution is -0.150. The molecule has 0 spiro atoms. The second-order valence-corrected chi connectivity index (χ2v) is 7.13. The number of alkyl halides is 3. The number of carbonyl (C=O) groups is 2. The lowest BCUT2D eigenvalue weighted by atomic mass is 9.97. The fourth-order valence-electron chi connectivity index (χ4n) is 3.25. The second kappa shape index (κ2) is 7.92. The zero-order valence-electron chi connectivity index (χ0n) is 14.4. The highest BCUT2D eigenvalue weighted by molar-refractivity contribution is 6.33. The number of halogens is 4. The quantitative estimate of drug-likeness (QED) is 0.780. The van der Waals surface area contributed by atoms with Crippen molar-refractivity contribution in [1.82, 2.24) is 10.3 Å². The predicted molar refractivity (Wildman–Crippen MR) is 91.3 cm³/mol. The summed E-state index contributed by atoms with van der Waals surface area (Å²) >= 11 is 5.97. The SMILES string of the molecule is O=C1CCC(COC(=O)C2CCN(c3ncc(C(F)(F)F)cc3Cl)CC2)N1. The van der Waals surface area contributed by atoms with E-state index in [1.54, 1.807) is 4.90 Å². The van der Waals surface area contributed by atoms with Gasteiger partial charge in [0.05, 0.1) is 22.5 Å². The van der Waals surface area contributed by atoms with Crippen LogP contribution < -0.4 is 10.2 Å². The van der Waals surface area contributed by atoms with E-state index in [0.717, 1.165) is 12.3 Å².